The number of nitrogens with two attached hydrogens (primary N) is 1. The van der Waals surface area contributed by atoms with Crippen molar-refractivity contribution in [3.05, 3.63) is 34.9 Å². The zero-order valence-electron chi connectivity index (χ0n) is 21.6. The highest BCUT2D eigenvalue weighted by Crippen LogP contribution is 2.51. The van der Waals surface area contributed by atoms with Gasteiger partial charge in [-0.1, -0.05) is 18.2 Å². The molecule has 11 heteroatoms. The van der Waals surface area contributed by atoms with Crippen molar-refractivity contribution in [2.75, 3.05) is 40.9 Å². The summed E-state index contributed by atoms with van der Waals surface area (Å²) in [6.07, 6.45) is 3.92. The highest BCUT2D eigenvalue weighted by Gasteiger charge is 2.69. The Hall–Kier alpha value is -3.25. The van der Waals surface area contributed by atoms with Crippen LogP contribution in [0.25, 0.3) is 6.08 Å². The van der Waals surface area contributed by atoms with Gasteiger partial charge in [-0.05, 0) is 50.0 Å². The molecule has 2 saturated carbocycles. The minimum atomic E-state index is -2.72. The predicted molar refractivity (Wildman–Crippen MR) is 135 cm³/mol. The van der Waals surface area contributed by atoms with Gasteiger partial charge in [0.05, 0.1) is 24.1 Å². The summed E-state index contributed by atoms with van der Waals surface area (Å²) in [6, 6.07) is 1.93. The van der Waals surface area contributed by atoms with Crippen molar-refractivity contribution >= 4 is 35.1 Å². The first-order chi connectivity index (χ1) is 18.0. The molecule has 0 saturated heterocycles. The molecule has 5 N–H and O–H groups in total. The number of aliphatic hydroxyl groups is 1. The smallest absolute Gasteiger partial charge is 0.235 e. The summed E-state index contributed by atoms with van der Waals surface area (Å²) in [4.78, 5) is 67.4. The maximum Gasteiger partial charge on any atom is 0.235 e. The van der Waals surface area contributed by atoms with Crippen molar-refractivity contribution in [2.24, 2.45) is 29.4 Å². The Morgan fingerprint density at radius 1 is 1.24 bits per heavy atom. The summed E-state index contributed by atoms with van der Waals surface area (Å²) in [7, 11) is 4.71. The van der Waals surface area contributed by atoms with Crippen LogP contribution in [0.4, 0.5) is 0 Å². The van der Waals surface area contributed by atoms with Crippen LogP contribution >= 0.6 is 0 Å². The van der Waals surface area contributed by atoms with Crippen LogP contribution in [0.15, 0.2) is 18.2 Å². The van der Waals surface area contributed by atoms with Crippen LogP contribution in [0.5, 0.6) is 5.75 Å². The first-order valence-electron chi connectivity index (χ1n) is 12.5. The highest BCUT2D eigenvalue weighted by molar-refractivity contribution is 6.32. The number of hydrogen-bond donors (Lipinski definition) is 4. The molecule has 204 valence electrons. The fourth-order valence-electron chi connectivity index (χ4n) is 6.33. The Morgan fingerprint density at radius 2 is 1.95 bits per heavy atom. The quantitative estimate of drug-likeness (QED) is 0.245. The zero-order chi connectivity index (χ0) is 27.9. The number of aromatic hydroxyl groups is 1. The molecule has 0 aliphatic heterocycles. The van der Waals surface area contributed by atoms with E-state index < -0.39 is 64.4 Å². The van der Waals surface area contributed by atoms with Crippen LogP contribution in [-0.2, 0) is 30.3 Å². The molecule has 1 amide bonds. The molecule has 2 fully saturated rings. The molecule has 2 unspecified atom stereocenters. The van der Waals surface area contributed by atoms with E-state index in [9.17, 15) is 34.2 Å². The Morgan fingerprint density at radius 3 is 2.58 bits per heavy atom. The molecule has 0 spiro atoms. The summed E-state index contributed by atoms with van der Waals surface area (Å²) < 4.78 is 5.00. The Kier molecular flexibility index (Phi) is 7.67. The van der Waals surface area contributed by atoms with Gasteiger partial charge >= 0.3 is 0 Å². The van der Waals surface area contributed by atoms with Gasteiger partial charge in [-0.3, -0.25) is 28.9 Å². The molecule has 3 aliphatic rings. The van der Waals surface area contributed by atoms with E-state index in [2.05, 4.69) is 5.32 Å². The number of nitrogens with zero attached hydrogens (tertiary/aromatic N) is 1. The lowest BCUT2D eigenvalue weighted by atomic mass is 9.52. The number of likely N-dealkylation sites (N-methyl/N-ethyl adjacent to an activating group) is 1. The number of methoxy groups -OCH3 is 1. The molecule has 0 heterocycles. The summed E-state index contributed by atoms with van der Waals surface area (Å²) in [5, 5.41) is 25.4. The minimum absolute atomic E-state index is 0.0152. The van der Waals surface area contributed by atoms with Crippen molar-refractivity contribution in [1.29, 1.82) is 0 Å². The fraction of sp³-hybridized carbons (Fsp3) is 0.519. The number of Topliss-reactive ketones (excluding diaryl/α,β-unsaturated/α-hetero) is 4. The van der Waals surface area contributed by atoms with Crippen molar-refractivity contribution in [3.63, 3.8) is 0 Å². The molecule has 0 bridgehead atoms. The Balaban J connectivity index is 1.74. The first-order valence-corrected chi connectivity index (χ1v) is 12.5. The molecular weight excluding hydrogens is 494 g/mol. The van der Waals surface area contributed by atoms with Crippen molar-refractivity contribution in [2.45, 2.75) is 24.5 Å². The second kappa shape index (κ2) is 10.5. The van der Waals surface area contributed by atoms with E-state index in [4.69, 9.17) is 10.5 Å². The largest absolute Gasteiger partial charge is 0.507 e. The minimum Gasteiger partial charge on any atom is -0.507 e. The van der Waals surface area contributed by atoms with Gasteiger partial charge < -0.3 is 26.0 Å². The summed E-state index contributed by atoms with van der Waals surface area (Å²) in [5.74, 6) is -10.5. The number of ether oxygens (including phenoxy) is 1. The third-order valence-corrected chi connectivity index (χ3v) is 8.02. The molecule has 1 aromatic carbocycles. The van der Waals surface area contributed by atoms with E-state index in [1.807, 2.05) is 12.2 Å². The van der Waals surface area contributed by atoms with Crippen LogP contribution in [0, 0.1) is 23.7 Å². The molecule has 0 aromatic heterocycles. The lowest BCUT2D eigenvalue weighted by Crippen LogP contribution is -2.74. The number of rotatable bonds is 8. The number of phenols is 1. The second-order valence-corrected chi connectivity index (χ2v) is 10.4. The van der Waals surface area contributed by atoms with E-state index in [1.54, 1.807) is 27.3 Å². The SMILES string of the molecule is COCCNC/C=C/c1ccc(O)c2c1C[C@H]1C[C@H]3[C@H](N(C)C)C(=O)C(C(N)=O)C(=O)[C@@]3(O)C(=O)C1C2=O. The maximum absolute atomic E-state index is 13.8. The monoisotopic (exact) mass is 527 g/mol. The van der Waals surface area contributed by atoms with Crippen molar-refractivity contribution in [3.8, 4) is 5.75 Å². The van der Waals surface area contributed by atoms with Crippen LogP contribution < -0.4 is 11.1 Å². The number of nitrogens with one attached hydrogen (secondary N) is 1. The van der Waals surface area contributed by atoms with Gasteiger partial charge in [0.25, 0.3) is 0 Å². The Labute approximate surface area is 220 Å². The van der Waals surface area contributed by atoms with E-state index in [0.717, 1.165) is 0 Å². The first kappa shape index (κ1) is 27.8. The van der Waals surface area contributed by atoms with Gasteiger partial charge in [0, 0.05) is 26.1 Å². The summed E-state index contributed by atoms with van der Waals surface area (Å²) in [5.41, 5.74) is 3.84. The van der Waals surface area contributed by atoms with Gasteiger partial charge in [0.1, 0.15) is 5.75 Å². The molecule has 6 atom stereocenters. The number of carbonyl (C=O) groups excluding carboxylic acids is 5. The number of primary amides is 1. The number of carbonyl (C=O) groups is 5. The molecule has 3 aliphatic carbocycles. The number of fused-ring (bicyclic) bond motifs is 3. The molecule has 38 heavy (non-hydrogen) atoms. The van der Waals surface area contributed by atoms with Gasteiger partial charge in [-0.15, -0.1) is 0 Å². The van der Waals surface area contributed by atoms with Gasteiger partial charge in [-0.2, -0.15) is 0 Å². The number of benzene rings is 1. The average Bonchev–Trinajstić information content (AvgIpc) is 2.84. The number of phenolic OH excluding ortho intramolecular Hbond substituents is 1. The van der Waals surface area contributed by atoms with Crippen LogP contribution in [-0.4, -0.2) is 96.7 Å². The highest BCUT2D eigenvalue weighted by atomic mass is 16.5. The van der Waals surface area contributed by atoms with E-state index in [0.29, 0.717) is 30.8 Å². The van der Waals surface area contributed by atoms with E-state index in [-0.39, 0.29) is 24.2 Å². The topological polar surface area (TPSA) is 176 Å². The van der Waals surface area contributed by atoms with Crippen molar-refractivity contribution in [1.82, 2.24) is 10.2 Å². The standard InChI is InChI=1S/C27H33N3O8/c1-30(2)21-16-12-14-11-15-13(5-4-8-29-9-10-38-3)6-7-17(31)19(15)22(32)18(14)24(34)27(16,37)25(35)20(23(21)33)26(28)36/h4-7,14,16,18,20-21,29,31,37H,8-12H2,1-3H3,(H2,28,36)/b5-4+/t14-,16-,18?,20?,21-,27-/m0/s1. The van der Waals surface area contributed by atoms with E-state index >= 15 is 0 Å². The number of amides is 1. The van der Waals surface area contributed by atoms with Gasteiger partial charge in [-0.25, -0.2) is 0 Å². The molecule has 4 rings (SSSR count). The van der Waals surface area contributed by atoms with Crippen LogP contribution in [0.1, 0.15) is 27.9 Å². The average molecular weight is 528 g/mol. The van der Waals surface area contributed by atoms with Crippen molar-refractivity contribution < 1.29 is 38.9 Å². The third-order valence-electron chi connectivity index (χ3n) is 8.02. The lowest BCUT2D eigenvalue weighted by Gasteiger charge is -2.52. The maximum atomic E-state index is 13.8. The van der Waals surface area contributed by atoms with Gasteiger partial charge in [0.2, 0.25) is 5.91 Å². The van der Waals surface area contributed by atoms with Gasteiger partial charge in [0.15, 0.2) is 34.7 Å². The molecule has 11 nitrogen and oxygen atoms in total. The van der Waals surface area contributed by atoms with Crippen LogP contribution in [0.2, 0.25) is 0 Å². The zero-order valence-corrected chi connectivity index (χ0v) is 21.6. The number of ketones is 4. The second-order valence-electron chi connectivity index (χ2n) is 10.4. The predicted octanol–water partition coefficient (Wildman–Crippen LogP) is -0.884. The molecular formula is C27H33N3O8. The fourth-order valence-corrected chi connectivity index (χ4v) is 6.33. The third kappa shape index (κ3) is 4.29. The summed E-state index contributed by atoms with van der Waals surface area (Å²) in [6.45, 7) is 1.76. The normalized spacial score (nSPS) is 30.9. The summed E-state index contributed by atoms with van der Waals surface area (Å²) >= 11 is 0. The number of hydrogen-bond acceptors (Lipinski definition) is 10. The molecule has 0 radical (unpaired) electrons. The van der Waals surface area contributed by atoms with Crippen LogP contribution in [0.3, 0.4) is 0 Å². The lowest BCUT2D eigenvalue weighted by molar-refractivity contribution is -0.181. The molecule has 1 aromatic rings. The Bertz CT molecular complexity index is 1220. The van der Waals surface area contributed by atoms with E-state index in [1.165, 1.54) is 11.0 Å².